The number of aromatic carboxylic acids is 1. The van der Waals surface area contributed by atoms with Gasteiger partial charge in [-0.2, -0.15) is 0 Å². The smallest absolute Gasteiger partial charge is 0.356 e. The normalized spacial score (nSPS) is 15.3. The number of rotatable bonds is 5. The molecule has 1 N–H and O–H groups in total. The summed E-state index contributed by atoms with van der Waals surface area (Å²) in [5.74, 6) is -0.735. The van der Waals surface area contributed by atoms with Crippen LogP contribution < -0.4 is 0 Å². The van der Waals surface area contributed by atoms with Crippen LogP contribution in [0.5, 0.6) is 0 Å². The average Bonchev–Trinajstić information content (AvgIpc) is 3.19. The van der Waals surface area contributed by atoms with Crippen LogP contribution in [0.2, 0.25) is 0 Å². The van der Waals surface area contributed by atoms with E-state index < -0.39 is 5.97 Å². The maximum atomic E-state index is 12.7. The van der Waals surface area contributed by atoms with Gasteiger partial charge in [-0.3, -0.25) is 4.79 Å². The number of hydrogen-bond acceptors (Lipinski definition) is 5. The molecule has 7 nitrogen and oxygen atoms in total. The van der Waals surface area contributed by atoms with E-state index in [1.807, 2.05) is 13.0 Å². The van der Waals surface area contributed by atoms with E-state index in [0.717, 1.165) is 19.0 Å². The standard InChI is InChI=1S/C15H15N3O4/c1-9(13-3-2-6-22-13)18(10-4-5-10)14(19)11-7-17-12(8-16-11)15(20)21/h2-3,6-10H,4-5H2,1H3,(H,20,21). The van der Waals surface area contributed by atoms with Gasteiger partial charge in [-0.15, -0.1) is 0 Å². The molecule has 1 fully saturated rings. The van der Waals surface area contributed by atoms with Crippen LogP contribution in [-0.2, 0) is 0 Å². The van der Waals surface area contributed by atoms with E-state index in [0.29, 0.717) is 5.76 Å². The third-order valence-electron chi connectivity index (χ3n) is 3.64. The van der Waals surface area contributed by atoms with Crippen LogP contribution in [0.25, 0.3) is 0 Å². The third-order valence-corrected chi connectivity index (χ3v) is 3.64. The molecule has 0 bridgehead atoms. The van der Waals surface area contributed by atoms with Gasteiger partial charge in [-0.1, -0.05) is 0 Å². The summed E-state index contributed by atoms with van der Waals surface area (Å²) in [6.07, 6.45) is 5.76. The Labute approximate surface area is 126 Å². The van der Waals surface area contributed by atoms with Gasteiger partial charge < -0.3 is 14.4 Å². The summed E-state index contributed by atoms with van der Waals surface area (Å²) in [6, 6.07) is 3.56. The van der Waals surface area contributed by atoms with Crippen molar-refractivity contribution < 1.29 is 19.1 Å². The first-order chi connectivity index (χ1) is 10.6. The minimum atomic E-state index is -1.17. The summed E-state index contributed by atoms with van der Waals surface area (Å²) in [5, 5.41) is 8.82. The number of furan rings is 1. The van der Waals surface area contributed by atoms with Crippen LogP contribution in [0.15, 0.2) is 35.2 Å². The zero-order chi connectivity index (χ0) is 15.7. The van der Waals surface area contributed by atoms with Crippen LogP contribution in [0.4, 0.5) is 0 Å². The van der Waals surface area contributed by atoms with E-state index in [9.17, 15) is 9.59 Å². The van der Waals surface area contributed by atoms with E-state index in [2.05, 4.69) is 9.97 Å². The van der Waals surface area contributed by atoms with Crippen LogP contribution in [-0.4, -0.2) is 37.9 Å². The van der Waals surface area contributed by atoms with Gasteiger partial charge in [0.05, 0.1) is 24.7 Å². The van der Waals surface area contributed by atoms with Gasteiger partial charge in [-0.25, -0.2) is 14.8 Å². The fourth-order valence-electron chi connectivity index (χ4n) is 2.36. The van der Waals surface area contributed by atoms with E-state index in [1.165, 1.54) is 6.20 Å². The number of carbonyl (C=O) groups is 2. The van der Waals surface area contributed by atoms with Gasteiger partial charge >= 0.3 is 5.97 Å². The lowest BCUT2D eigenvalue weighted by molar-refractivity contribution is 0.0640. The molecule has 0 spiro atoms. The van der Waals surface area contributed by atoms with Crippen molar-refractivity contribution in [2.45, 2.75) is 31.8 Å². The molecule has 1 aliphatic carbocycles. The second-order valence-electron chi connectivity index (χ2n) is 5.23. The molecule has 3 rings (SSSR count). The first-order valence-corrected chi connectivity index (χ1v) is 6.99. The molecular weight excluding hydrogens is 286 g/mol. The third kappa shape index (κ3) is 2.69. The van der Waals surface area contributed by atoms with Gasteiger partial charge in [0.1, 0.15) is 11.5 Å². The van der Waals surface area contributed by atoms with Crippen LogP contribution in [0.3, 0.4) is 0 Å². The highest BCUT2D eigenvalue weighted by Crippen LogP contribution is 2.35. The highest BCUT2D eigenvalue weighted by atomic mass is 16.4. The summed E-state index contributed by atoms with van der Waals surface area (Å²) in [4.78, 5) is 32.9. The van der Waals surface area contributed by atoms with Gasteiger partial charge in [0.15, 0.2) is 5.69 Å². The Balaban J connectivity index is 1.85. The molecule has 1 amide bonds. The summed E-state index contributed by atoms with van der Waals surface area (Å²) < 4.78 is 5.38. The van der Waals surface area contributed by atoms with Gasteiger partial charge in [0.2, 0.25) is 0 Å². The Kier molecular flexibility index (Phi) is 3.62. The van der Waals surface area contributed by atoms with E-state index in [-0.39, 0.29) is 29.4 Å². The SMILES string of the molecule is CC(c1ccco1)N(C(=O)c1cnc(C(=O)O)cn1)C1CC1. The van der Waals surface area contributed by atoms with Crippen molar-refractivity contribution in [3.05, 3.63) is 47.9 Å². The molecule has 7 heteroatoms. The monoisotopic (exact) mass is 301 g/mol. The lowest BCUT2D eigenvalue weighted by Crippen LogP contribution is -2.36. The highest BCUT2D eigenvalue weighted by Gasteiger charge is 2.38. The first kappa shape index (κ1) is 14.2. The Morgan fingerprint density at radius 3 is 2.50 bits per heavy atom. The fraction of sp³-hybridized carbons (Fsp3) is 0.333. The molecule has 22 heavy (non-hydrogen) atoms. The highest BCUT2D eigenvalue weighted by molar-refractivity contribution is 5.93. The molecule has 0 aliphatic heterocycles. The molecule has 114 valence electrons. The van der Waals surface area contributed by atoms with Crippen molar-refractivity contribution in [1.82, 2.24) is 14.9 Å². The molecule has 1 aliphatic rings. The molecule has 1 unspecified atom stereocenters. The van der Waals surface area contributed by atoms with Gasteiger partial charge in [-0.05, 0) is 31.9 Å². The van der Waals surface area contributed by atoms with Gasteiger partial charge in [0, 0.05) is 6.04 Å². The number of carboxylic acids is 1. The van der Waals surface area contributed by atoms with E-state index in [4.69, 9.17) is 9.52 Å². The molecule has 2 heterocycles. The Morgan fingerprint density at radius 1 is 1.32 bits per heavy atom. The molecule has 1 atom stereocenters. The average molecular weight is 301 g/mol. The lowest BCUT2D eigenvalue weighted by Gasteiger charge is -2.27. The van der Waals surface area contributed by atoms with Crippen molar-refractivity contribution in [1.29, 1.82) is 0 Å². The summed E-state index contributed by atoms with van der Waals surface area (Å²) in [7, 11) is 0. The Morgan fingerprint density at radius 2 is 2.00 bits per heavy atom. The predicted octanol–water partition coefficient (Wildman–Crippen LogP) is 2.13. The van der Waals surface area contributed by atoms with Crippen molar-refractivity contribution in [2.75, 3.05) is 0 Å². The Bertz CT molecular complexity index is 677. The molecule has 0 aromatic carbocycles. The summed E-state index contributed by atoms with van der Waals surface area (Å²) >= 11 is 0. The minimum Gasteiger partial charge on any atom is -0.476 e. The Hall–Kier alpha value is -2.70. The molecule has 0 radical (unpaired) electrons. The van der Waals surface area contributed by atoms with Crippen LogP contribution in [0.1, 0.15) is 52.5 Å². The topological polar surface area (TPSA) is 96.5 Å². The number of aromatic nitrogens is 2. The van der Waals surface area contributed by atoms with Crippen LogP contribution in [0, 0.1) is 0 Å². The van der Waals surface area contributed by atoms with E-state index in [1.54, 1.807) is 17.2 Å². The van der Waals surface area contributed by atoms with Crippen molar-refractivity contribution in [3.63, 3.8) is 0 Å². The molecular formula is C15H15N3O4. The number of carbonyl (C=O) groups excluding carboxylic acids is 1. The summed E-state index contributed by atoms with van der Waals surface area (Å²) in [6.45, 7) is 1.90. The second kappa shape index (κ2) is 5.59. The maximum absolute atomic E-state index is 12.7. The largest absolute Gasteiger partial charge is 0.476 e. The zero-order valence-corrected chi connectivity index (χ0v) is 12.0. The molecule has 2 aromatic rings. The van der Waals surface area contributed by atoms with Crippen molar-refractivity contribution in [2.24, 2.45) is 0 Å². The predicted molar refractivity (Wildman–Crippen MR) is 75.3 cm³/mol. The van der Waals surface area contributed by atoms with Crippen molar-refractivity contribution >= 4 is 11.9 Å². The first-order valence-electron chi connectivity index (χ1n) is 6.99. The number of carboxylic acid groups (broad SMARTS) is 1. The van der Waals surface area contributed by atoms with E-state index >= 15 is 0 Å². The van der Waals surface area contributed by atoms with Gasteiger partial charge in [0.25, 0.3) is 5.91 Å². The van der Waals surface area contributed by atoms with Crippen LogP contribution >= 0.6 is 0 Å². The lowest BCUT2D eigenvalue weighted by atomic mass is 10.2. The molecule has 0 saturated heterocycles. The molecule has 1 saturated carbocycles. The van der Waals surface area contributed by atoms with Crippen molar-refractivity contribution in [3.8, 4) is 0 Å². The number of nitrogens with zero attached hydrogens (tertiary/aromatic N) is 3. The number of hydrogen-bond donors (Lipinski definition) is 1. The maximum Gasteiger partial charge on any atom is 0.356 e. The number of amides is 1. The second-order valence-corrected chi connectivity index (χ2v) is 5.23. The quantitative estimate of drug-likeness (QED) is 0.908. The minimum absolute atomic E-state index is 0.135. The molecule has 2 aromatic heterocycles. The fourth-order valence-corrected chi connectivity index (χ4v) is 2.36. The zero-order valence-electron chi connectivity index (χ0n) is 12.0. The summed E-state index contributed by atoms with van der Waals surface area (Å²) in [5.41, 5.74) is -0.0519.